The van der Waals surface area contributed by atoms with Gasteiger partial charge in [0.25, 0.3) is 0 Å². The minimum absolute atomic E-state index is 0.0387. The van der Waals surface area contributed by atoms with Gasteiger partial charge in [-0.2, -0.15) is 0 Å². The molecule has 0 spiro atoms. The summed E-state index contributed by atoms with van der Waals surface area (Å²) in [6.45, 7) is 13.4. The van der Waals surface area contributed by atoms with E-state index in [9.17, 15) is 14.0 Å². The van der Waals surface area contributed by atoms with Crippen molar-refractivity contribution in [2.75, 3.05) is 6.54 Å². The predicted octanol–water partition coefficient (Wildman–Crippen LogP) is 4.43. The Morgan fingerprint density at radius 3 is 2.69 bits per heavy atom. The Bertz CT molecular complexity index is 1100. The average Bonchev–Trinajstić information content (AvgIpc) is 3.50. The van der Waals surface area contributed by atoms with E-state index < -0.39 is 17.9 Å². The molecule has 3 N–H and O–H groups in total. The molecule has 2 aromatic rings. The van der Waals surface area contributed by atoms with Crippen LogP contribution in [0.15, 0.2) is 30.5 Å². The van der Waals surface area contributed by atoms with Gasteiger partial charge in [-0.25, -0.2) is 9.37 Å². The molecule has 1 aliphatic carbocycles. The number of rotatable bonds is 9. The molecule has 8 heteroatoms. The van der Waals surface area contributed by atoms with Crippen molar-refractivity contribution in [2.45, 2.75) is 77.9 Å². The Labute approximate surface area is 206 Å². The summed E-state index contributed by atoms with van der Waals surface area (Å²) in [5.41, 5.74) is 1.69. The van der Waals surface area contributed by atoms with Gasteiger partial charge in [0.05, 0.1) is 11.6 Å². The van der Waals surface area contributed by atoms with Crippen molar-refractivity contribution in [2.24, 2.45) is 17.8 Å². The number of para-hydroxylation sites is 1. The summed E-state index contributed by atoms with van der Waals surface area (Å²) in [7, 11) is 0. The van der Waals surface area contributed by atoms with E-state index in [0.717, 1.165) is 31.5 Å². The number of piperidine rings is 1. The summed E-state index contributed by atoms with van der Waals surface area (Å²) in [4.78, 5) is 36.1. The van der Waals surface area contributed by atoms with Gasteiger partial charge in [0.2, 0.25) is 11.8 Å². The molecule has 190 valence electrons. The Morgan fingerprint density at radius 2 is 2.03 bits per heavy atom. The van der Waals surface area contributed by atoms with Gasteiger partial charge >= 0.3 is 0 Å². The van der Waals surface area contributed by atoms with E-state index in [1.54, 1.807) is 19.1 Å². The number of hydrogen-bond donors (Lipinski definition) is 3. The molecule has 1 aromatic heterocycles. The van der Waals surface area contributed by atoms with Gasteiger partial charge in [-0.15, -0.1) is 0 Å². The molecular weight excluding hydrogens is 445 g/mol. The first kappa shape index (κ1) is 25.2. The van der Waals surface area contributed by atoms with Crippen LogP contribution in [0.2, 0.25) is 0 Å². The monoisotopic (exact) mass is 483 g/mol. The molecule has 35 heavy (non-hydrogen) atoms. The van der Waals surface area contributed by atoms with Gasteiger partial charge in [-0.05, 0) is 63.5 Å². The van der Waals surface area contributed by atoms with E-state index in [-0.39, 0.29) is 23.2 Å². The third kappa shape index (κ3) is 5.68. The lowest BCUT2D eigenvalue weighted by atomic mass is 10.0. The van der Waals surface area contributed by atoms with Gasteiger partial charge in [0.1, 0.15) is 17.4 Å². The normalized spacial score (nSPS) is 23.7. The number of nitrogens with zero attached hydrogens (tertiary/aromatic N) is 2. The second-order valence-corrected chi connectivity index (χ2v) is 10.6. The van der Waals surface area contributed by atoms with Crippen LogP contribution in [0, 0.1) is 23.6 Å². The summed E-state index contributed by atoms with van der Waals surface area (Å²) in [6.07, 6.45) is 4.61. The molecule has 2 unspecified atom stereocenters. The van der Waals surface area contributed by atoms with Gasteiger partial charge in [0.15, 0.2) is 5.82 Å². The molecule has 2 heterocycles. The van der Waals surface area contributed by atoms with E-state index in [4.69, 9.17) is 0 Å². The largest absolute Gasteiger partial charge is 0.373 e. The number of amides is 2. The zero-order valence-electron chi connectivity index (χ0n) is 21.2. The number of H-pyrrole nitrogens is 1. The summed E-state index contributed by atoms with van der Waals surface area (Å²) >= 11 is 0. The first-order chi connectivity index (χ1) is 16.7. The lowest BCUT2D eigenvalue weighted by molar-refractivity contribution is -0.130. The number of aromatic amines is 1. The van der Waals surface area contributed by atoms with E-state index in [1.165, 1.54) is 12.5 Å². The second-order valence-electron chi connectivity index (χ2n) is 10.6. The number of benzene rings is 1. The number of likely N-dealkylation sites (tertiary alicyclic amines) is 1. The Balaban J connectivity index is 1.47. The number of imidazole rings is 1. The van der Waals surface area contributed by atoms with E-state index in [2.05, 4.69) is 52.9 Å². The van der Waals surface area contributed by atoms with Crippen molar-refractivity contribution >= 4 is 22.8 Å². The van der Waals surface area contributed by atoms with Crippen LogP contribution >= 0.6 is 0 Å². The summed E-state index contributed by atoms with van der Waals surface area (Å²) in [5, 5.41) is 5.98. The van der Waals surface area contributed by atoms with E-state index in [1.807, 2.05) is 0 Å². The molecule has 1 aromatic carbocycles. The van der Waals surface area contributed by atoms with E-state index in [0.29, 0.717) is 35.6 Å². The highest BCUT2D eigenvalue weighted by molar-refractivity contribution is 5.90. The fraction of sp³-hybridized carbons (Fsp3) is 0.593. The van der Waals surface area contributed by atoms with Gasteiger partial charge in [0, 0.05) is 30.6 Å². The van der Waals surface area contributed by atoms with Crippen molar-refractivity contribution in [1.82, 2.24) is 25.5 Å². The SMILES string of the molecule is C=C(C[C@H](NC(=O)C1CC1C(C)C)C(=O)N[C@@H](C)c1nc2c(F)cccc2[nH]1)N1CCCC[C@@H]1C. The molecule has 0 bridgehead atoms. The molecular formula is C27H38FN5O2. The molecule has 2 aliphatic rings. The number of carbonyl (C=O) groups excluding carboxylic acids is 2. The van der Waals surface area contributed by atoms with Gasteiger partial charge < -0.3 is 20.5 Å². The average molecular weight is 484 g/mol. The van der Waals surface area contributed by atoms with Crippen molar-refractivity contribution in [3.63, 3.8) is 0 Å². The van der Waals surface area contributed by atoms with Gasteiger partial charge in [-0.3, -0.25) is 9.59 Å². The van der Waals surface area contributed by atoms with Crippen molar-refractivity contribution < 1.29 is 14.0 Å². The first-order valence-electron chi connectivity index (χ1n) is 12.8. The van der Waals surface area contributed by atoms with Crippen LogP contribution in [0.1, 0.15) is 71.7 Å². The standard InChI is InChI=1S/C27H38FN5O2/c1-15(2)19-14-20(19)26(34)31-23(13-17(4)33-12-7-6-9-16(33)3)27(35)29-18(5)25-30-22-11-8-10-21(28)24(22)32-25/h8,10-11,15-16,18-20,23H,4,6-7,9,12-14H2,1-3,5H3,(H,29,35)(H,30,32)(H,31,34)/t16-,18-,19?,20?,23-/m0/s1. The van der Waals surface area contributed by atoms with Crippen molar-refractivity contribution in [3.8, 4) is 0 Å². The predicted molar refractivity (Wildman–Crippen MR) is 135 cm³/mol. The highest BCUT2D eigenvalue weighted by atomic mass is 19.1. The number of hydrogen-bond acceptors (Lipinski definition) is 4. The topological polar surface area (TPSA) is 90.1 Å². The lowest BCUT2D eigenvalue weighted by Crippen LogP contribution is -2.49. The molecule has 2 amide bonds. The van der Waals surface area contributed by atoms with Crippen LogP contribution in [0.3, 0.4) is 0 Å². The quantitative estimate of drug-likeness (QED) is 0.492. The molecule has 1 saturated heterocycles. The van der Waals surface area contributed by atoms with Crippen LogP contribution < -0.4 is 10.6 Å². The molecule has 5 atom stereocenters. The molecule has 4 rings (SSSR count). The molecule has 1 aliphatic heterocycles. The molecule has 0 radical (unpaired) electrons. The fourth-order valence-corrected chi connectivity index (χ4v) is 5.27. The zero-order valence-corrected chi connectivity index (χ0v) is 21.2. The maximum Gasteiger partial charge on any atom is 0.243 e. The minimum Gasteiger partial charge on any atom is -0.373 e. The third-order valence-electron chi connectivity index (χ3n) is 7.57. The zero-order chi connectivity index (χ0) is 25.3. The Morgan fingerprint density at radius 1 is 1.26 bits per heavy atom. The van der Waals surface area contributed by atoms with Crippen LogP contribution in [-0.4, -0.2) is 45.3 Å². The number of aromatic nitrogens is 2. The number of halogens is 1. The Hall–Kier alpha value is -2.90. The van der Waals surface area contributed by atoms with Crippen LogP contribution in [0.5, 0.6) is 0 Å². The molecule has 1 saturated carbocycles. The Kier molecular flexibility index (Phi) is 7.47. The van der Waals surface area contributed by atoms with Crippen molar-refractivity contribution in [3.05, 3.63) is 42.1 Å². The highest BCUT2D eigenvalue weighted by Gasteiger charge is 2.45. The number of carbonyl (C=O) groups is 2. The van der Waals surface area contributed by atoms with Crippen LogP contribution in [-0.2, 0) is 9.59 Å². The maximum absolute atomic E-state index is 14.1. The number of nitrogens with one attached hydrogen (secondary N) is 3. The second kappa shape index (κ2) is 10.4. The smallest absolute Gasteiger partial charge is 0.243 e. The third-order valence-corrected chi connectivity index (χ3v) is 7.57. The molecule has 2 fully saturated rings. The number of fused-ring (bicyclic) bond motifs is 1. The first-order valence-corrected chi connectivity index (χ1v) is 12.8. The maximum atomic E-state index is 14.1. The summed E-state index contributed by atoms with van der Waals surface area (Å²) < 4.78 is 14.1. The highest BCUT2D eigenvalue weighted by Crippen LogP contribution is 2.44. The fourth-order valence-electron chi connectivity index (χ4n) is 5.27. The lowest BCUT2D eigenvalue weighted by Gasteiger charge is -2.37. The summed E-state index contributed by atoms with van der Waals surface area (Å²) in [5.74, 6) is 0.465. The van der Waals surface area contributed by atoms with Crippen LogP contribution in [0.4, 0.5) is 4.39 Å². The van der Waals surface area contributed by atoms with Gasteiger partial charge in [-0.1, -0.05) is 26.5 Å². The molecule has 7 nitrogen and oxygen atoms in total. The van der Waals surface area contributed by atoms with Crippen molar-refractivity contribution in [1.29, 1.82) is 0 Å². The van der Waals surface area contributed by atoms with E-state index >= 15 is 0 Å². The van der Waals surface area contributed by atoms with Crippen LogP contribution in [0.25, 0.3) is 11.0 Å². The summed E-state index contributed by atoms with van der Waals surface area (Å²) in [6, 6.07) is 3.87. The minimum atomic E-state index is -0.735.